The molecule has 1 atom stereocenters. The van der Waals surface area contributed by atoms with Crippen LogP contribution in [-0.2, 0) is 0 Å². The van der Waals surface area contributed by atoms with E-state index in [0.29, 0.717) is 6.61 Å². The molecule has 0 fully saturated rings. The van der Waals surface area contributed by atoms with Crippen molar-refractivity contribution in [3.8, 4) is 5.75 Å². The molecule has 0 aliphatic carbocycles. The highest BCUT2D eigenvalue weighted by molar-refractivity contribution is 14.1. The second-order valence-corrected chi connectivity index (χ2v) is 4.76. The maximum atomic E-state index is 6.12. The zero-order valence-corrected chi connectivity index (χ0v) is 11.5. The molecule has 2 N–H and O–H groups in total. The van der Waals surface area contributed by atoms with E-state index in [1.807, 2.05) is 19.1 Å². The number of rotatable bonds is 5. The van der Waals surface area contributed by atoms with Crippen molar-refractivity contribution < 1.29 is 4.74 Å². The van der Waals surface area contributed by atoms with Gasteiger partial charge < -0.3 is 10.5 Å². The zero-order chi connectivity index (χ0) is 11.3. The van der Waals surface area contributed by atoms with Crippen molar-refractivity contribution in [2.24, 2.45) is 5.73 Å². The molecule has 1 aromatic carbocycles. The van der Waals surface area contributed by atoms with Gasteiger partial charge in [-0.05, 0) is 54.1 Å². The number of hydrogen-bond donors (Lipinski definition) is 1. The van der Waals surface area contributed by atoms with Crippen molar-refractivity contribution in [1.29, 1.82) is 0 Å². The van der Waals surface area contributed by atoms with Crippen LogP contribution in [0.5, 0.6) is 5.75 Å². The maximum absolute atomic E-state index is 6.12. The van der Waals surface area contributed by atoms with Crippen molar-refractivity contribution >= 4 is 22.6 Å². The van der Waals surface area contributed by atoms with Crippen LogP contribution in [0, 0.1) is 3.57 Å². The Bertz CT molecular complexity index is 314. The molecule has 0 spiro atoms. The fourth-order valence-electron chi connectivity index (χ4n) is 1.56. The lowest BCUT2D eigenvalue weighted by Crippen LogP contribution is -2.12. The molecule has 1 rings (SSSR count). The Morgan fingerprint density at radius 1 is 1.40 bits per heavy atom. The number of ether oxygens (including phenoxy) is 1. The van der Waals surface area contributed by atoms with Crippen LogP contribution in [0.4, 0.5) is 0 Å². The van der Waals surface area contributed by atoms with Gasteiger partial charge in [-0.15, -0.1) is 0 Å². The Morgan fingerprint density at radius 3 is 2.73 bits per heavy atom. The maximum Gasteiger partial charge on any atom is 0.124 e. The first-order valence-electron chi connectivity index (χ1n) is 5.36. The van der Waals surface area contributed by atoms with Gasteiger partial charge in [-0.3, -0.25) is 0 Å². The van der Waals surface area contributed by atoms with E-state index >= 15 is 0 Å². The monoisotopic (exact) mass is 319 g/mol. The third kappa shape index (κ3) is 3.65. The second-order valence-electron chi connectivity index (χ2n) is 3.51. The summed E-state index contributed by atoms with van der Waals surface area (Å²) in [5.74, 6) is 0.930. The minimum atomic E-state index is 0.0891. The quantitative estimate of drug-likeness (QED) is 0.843. The van der Waals surface area contributed by atoms with E-state index in [1.165, 1.54) is 3.57 Å². The average Bonchev–Trinajstić information content (AvgIpc) is 2.21. The summed E-state index contributed by atoms with van der Waals surface area (Å²) in [5, 5.41) is 0. The summed E-state index contributed by atoms with van der Waals surface area (Å²) in [7, 11) is 0. The summed E-state index contributed by atoms with van der Waals surface area (Å²) in [6.45, 7) is 4.83. The van der Waals surface area contributed by atoms with Crippen molar-refractivity contribution in [2.45, 2.75) is 32.7 Å². The summed E-state index contributed by atoms with van der Waals surface area (Å²) >= 11 is 2.30. The Kier molecular flexibility index (Phi) is 5.39. The van der Waals surface area contributed by atoms with Crippen LogP contribution in [-0.4, -0.2) is 6.61 Å². The minimum absolute atomic E-state index is 0.0891. The topological polar surface area (TPSA) is 35.2 Å². The summed E-state index contributed by atoms with van der Waals surface area (Å²) in [6.07, 6.45) is 2.10. The molecule has 1 unspecified atom stereocenters. The van der Waals surface area contributed by atoms with Crippen molar-refractivity contribution in [3.05, 3.63) is 27.3 Å². The predicted molar refractivity (Wildman–Crippen MR) is 72.2 cm³/mol. The van der Waals surface area contributed by atoms with Crippen molar-refractivity contribution in [3.63, 3.8) is 0 Å². The van der Waals surface area contributed by atoms with Gasteiger partial charge in [0.15, 0.2) is 0 Å². The van der Waals surface area contributed by atoms with E-state index in [0.717, 1.165) is 24.2 Å². The SMILES string of the molecule is CCCC(N)c1cc(I)ccc1OCC. The molecule has 0 saturated heterocycles. The molecule has 0 heterocycles. The number of halogens is 1. The third-order valence-corrected chi connectivity index (χ3v) is 2.94. The molecule has 15 heavy (non-hydrogen) atoms. The van der Waals surface area contributed by atoms with Gasteiger partial charge in [-0.25, -0.2) is 0 Å². The summed E-state index contributed by atoms with van der Waals surface area (Å²) < 4.78 is 6.78. The smallest absolute Gasteiger partial charge is 0.124 e. The van der Waals surface area contributed by atoms with Gasteiger partial charge in [-0.1, -0.05) is 13.3 Å². The molecule has 0 amide bonds. The molecule has 0 aliphatic rings. The van der Waals surface area contributed by atoms with Crippen molar-refractivity contribution in [2.75, 3.05) is 6.61 Å². The van der Waals surface area contributed by atoms with E-state index < -0.39 is 0 Å². The molecule has 1 aromatic rings. The van der Waals surface area contributed by atoms with Gasteiger partial charge in [0.1, 0.15) is 5.75 Å². The number of nitrogens with two attached hydrogens (primary N) is 1. The van der Waals surface area contributed by atoms with E-state index in [4.69, 9.17) is 10.5 Å². The predicted octanol–water partition coefficient (Wildman–Crippen LogP) is 3.49. The molecule has 0 aromatic heterocycles. The molecule has 0 bridgehead atoms. The van der Waals surface area contributed by atoms with Gasteiger partial charge in [0.05, 0.1) is 6.61 Å². The molecule has 0 aliphatic heterocycles. The van der Waals surface area contributed by atoms with Crippen LogP contribution in [0.2, 0.25) is 0 Å². The summed E-state index contributed by atoms with van der Waals surface area (Å²) in [4.78, 5) is 0. The molecule has 0 radical (unpaired) electrons. The first-order valence-corrected chi connectivity index (χ1v) is 6.44. The van der Waals surface area contributed by atoms with E-state index in [1.54, 1.807) is 0 Å². The van der Waals surface area contributed by atoms with E-state index in [9.17, 15) is 0 Å². The van der Waals surface area contributed by atoms with Crippen LogP contribution < -0.4 is 10.5 Å². The summed E-state index contributed by atoms with van der Waals surface area (Å²) in [5.41, 5.74) is 7.25. The molecule has 2 nitrogen and oxygen atoms in total. The van der Waals surface area contributed by atoms with Gasteiger partial charge >= 0.3 is 0 Å². The standard InChI is InChI=1S/C12H18INO/c1-3-5-11(14)10-8-9(13)6-7-12(10)15-4-2/h6-8,11H,3-5,14H2,1-2H3. The lowest BCUT2D eigenvalue weighted by Gasteiger charge is -2.16. The lowest BCUT2D eigenvalue weighted by molar-refractivity contribution is 0.333. The largest absolute Gasteiger partial charge is 0.494 e. The lowest BCUT2D eigenvalue weighted by atomic mass is 10.0. The Balaban J connectivity index is 2.95. The zero-order valence-electron chi connectivity index (χ0n) is 9.29. The van der Waals surface area contributed by atoms with Crippen LogP contribution in [0.1, 0.15) is 38.3 Å². The fourth-order valence-corrected chi connectivity index (χ4v) is 2.08. The number of benzene rings is 1. The van der Waals surface area contributed by atoms with Gasteiger partial charge in [0.2, 0.25) is 0 Å². The highest BCUT2D eigenvalue weighted by atomic mass is 127. The van der Waals surface area contributed by atoms with E-state index in [2.05, 4.69) is 35.6 Å². The minimum Gasteiger partial charge on any atom is -0.494 e. The molecule has 3 heteroatoms. The average molecular weight is 319 g/mol. The first kappa shape index (κ1) is 12.8. The Labute approximate surface area is 105 Å². The Morgan fingerprint density at radius 2 is 2.13 bits per heavy atom. The molecule has 84 valence electrons. The highest BCUT2D eigenvalue weighted by Crippen LogP contribution is 2.28. The fraction of sp³-hybridized carbons (Fsp3) is 0.500. The summed E-state index contributed by atoms with van der Waals surface area (Å²) in [6, 6.07) is 6.27. The first-order chi connectivity index (χ1) is 7.19. The van der Waals surface area contributed by atoms with Crippen LogP contribution in [0.15, 0.2) is 18.2 Å². The van der Waals surface area contributed by atoms with Gasteiger partial charge in [0, 0.05) is 15.2 Å². The third-order valence-electron chi connectivity index (χ3n) is 2.27. The Hall–Kier alpha value is -0.290. The second kappa shape index (κ2) is 6.33. The van der Waals surface area contributed by atoms with E-state index in [-0.39, 0.29) is 6.04 Å². The van der Waals surface area contributed by atoms with Gasteiger partial charge in [-0.2, -0.15) is 0 Å². The molecular weight excluding hydrogens is 301 g/mol. The highest BCUT2D eigenvalue weighted by Gasteiger charge is 2.11. The van der Waals surface area contributed by atoms with Crippen LogP contribution >= 0.6 is 22.6 Å². The molecule has 0 saturated carbocycles. The van der Waals surface area contributed by atoms with Crippen LogP contribution in [0.3, 0.4) is 0 Å². The molecular formula is C12H18INO. The number of hydrogen-bond acceptors (Lipinski definition) is 2. The normalized spacial score (nSPS) is 12.5. The van der Waals surface area contributed by atoms with Crippen LogP contribution in [0.25, 0.3) is 0 Å². The van der Waals surface area contributed by atoms with Gasteiger partial charge in [0.25, 0.3) is 0 Å². The van der Waals surface area contributed by atoms with Crippen molar-refractivity contribution in [1.82, 2.24) is 0 Å².